The lowest BCUT2D eigenvalue weighted by Crippen LogP contribution is -2.26. The van der Waals surface area contributed by atoms with Crippen LogP contribution in [0.3, 0.4) is 0 Å². The van der Waals surface area contributed by atoms with Crippen LogP contribution in [0.4, 0.5) is 0 Å². The van der Waals surface area contributed by atoms with Gasteiger partial charge in [0.25, 0.3) is 0 Å². The Morgan fingerprint density at radius 1 is 1.43 bits per heavy atom. The Hall–Kier alpha value is -1.15. The lowest BCUT2D eigenvalue weighted by molar-refractivity contribution is 0.0974. The highest BCUT2D eigenvalue weighted by Crippen LogP contribution is 2.25. The van der Waals surface area contributed by atoms with Crippen molar-refractivity contribution in [3.63, 3.8) is 0 Å². The summed E-state index contributed by atoms with van der Waals surface area (Å²) in [6.45, 7) is 4.25. The Kier molecular flexibility index (Phi) is 2.16. The van der Waals surface area contributed by atoms with Gasteiger partial charge in [0.05, 0.1) is 6.04 Å². The largest absolute Gasteiger partial charge is 0.321 e. The molecule has 0 spiro atoms. The van der Waals surface area contributed by atoms with E-state index in [2.05, 4.69) is 19.9 Å². The predicted octanol–water partition coefficient (Wildman–Crippen LogP) is 1.88. The molecule has 74 valence electrons. The van der Waals surface area contributed by atoms with Gasteiger partial charge in [-0.25, -0.2) is 0 Å². The number of carbonyl (C=O) groups excluding carboxylic acids is 1. The standard InChI is InChI=1S/C12H15NO/c1-7(2)8-3-4-9-6-11(13)12(14)10(9)5-8/h3-5,7,11H,6,13H2,1-2H3. The van der Waals surface area contributed by atoms with E-state index >= 15 is 0 Å². The van der Waals surface area contributed by atoms with E-state index < -0.39 is 0 Å². The number of hydrogen-bond acceptors (Lipinski definition) is 2. The number of nitrogens with two attached hydrogens (primary N) is 1. The molecule has 0 heterocycles. The van der Waals surface area contributed by atoms with Gasteiger partial charge in [0.15, 0.2) is 5.78 Å². The second-order valence-electron chi connectivity index (χ2n) is 4.25. The fourth-order valence-electron chi connectivity index (χ4n) is 1.89. The van der Waals surface area contributed by atoms with Crippen LogP contribution in [0.5, 0.6) is 0 Å². The Morgan fingerprint density at radius 3 is 2.79 bits per heavy atom. The van der Waals surface area contributed by atoms with E-state index in [1.54, 1.807) is 0 Å². The van der Waals surface area contributed by atoms with Gasteiger partial charge in [0, 0.05) is 5.56 Å². The maximum absolute atomic E-state index is 11.6. The van der Waals surface area contributed by atoms with Crippen molar-refractivity contribution in [3.8, 4) is 0 Å². The van der Waals surface area contributed by atoms with Crippen molar-refractivity contribution >= 4 is 5.78 Å². The van der Waals surface area contributed by atoms with Crippen molar-refractivity contribution in [3.05, 3.63) is 34.9 Å². The Bertz CT molecular complexity index is 382. The summed E-state index contributed by atoms with van der Waals surface area (Å²) in [5.41, 5.74) is 8.86. The van der Waals surface area contributed by atoms with Crippen LogP contribution < -0.4 is 5.73 Å². The molecule has 1 aliphatic rings. The summed E-state index contributed by atoms with van der Waals surface area (Å²) in [6.07, 6.45) is 0.701. The molecule has 2 rings (SSSR count). The van der Waals surface area contributed by atoms with Crippen molar-refractivity contribution < 1.29 is 4.79 Å². The van der Waals surface area contributed by atoms with E-state index in [0.29, 0.717) is 12.3 Å². The summed E-state index contributed by atoms with van der Waals surface area (Å²) in [5, 5.41) is 0. The molecule has 0 bridgehead atoms. The van der Waals surface area contributed by atoms with Gasteiger partial charge in [0.2, 0.25) is 0 Å². The molecule has 1 aliphatic carbocycles. The third kappa shape index (κ3) is 1.36. The molecule has 14 heavy (non-hydrogen) atoms. The number of fused-ring (bicyclic) bond motifs is 1. The van der Waals surface area contributed by atoms with Crippen molar-refractivity contribution in [2.45, 2.75) is 32.2 Å². The van der Waals surface area contributed by atoms with Crippen LogP contribution in [-0.4, -0.2) is 11.8 Å². The number of ketones is 1. The minimum Gasteiger partial charge on any atom is -0.321 e. The molecule has 0 saturated heterocycles. The summed E-state index contributed by atoms with van der Waals surface area (Å²) in [5.74, 6) is 0.562. The average molecular weight is 189 g/mol. The minimum absolute atomic E-state index is 0.0995. The molecule has 0 aliphatic heterocycles. The summed E-state index contributed by atoms with van der Waals surface area (Å²) in [4.78, 5) is 11.6. The monoisotopic (exact) mass is 189 g/mol. The van der Waals surface area contributed by atoms with Crippen molar-refractivity contribution in [1.82, 2.24) is 0 Å². The van der Waals surface area contributed by atoms with Crippen LogP contribution in [0.25, 0.3) is 0 Å². The van der Waals surface area contributed by atoms with Crippen LogP contribution in [-0.2, 0) is 6.42 Å². The zero-order valence-electron chi connectivity index (χ0n) is 8.58. The highest BCUT2D eigenvalue weighted by molar-refractivity contribution is 6.04. The highest BCUT2D eigenvalue weighted by atomic mass is 16.1. The first-order valence-electron chi connectivity index (χ1n) is 5.02. The lowest BCUT2D eigenvalue weighted by atomic mass is 9.98. The number of carbonyl (C=O) groups is 1. The third-order valence-electron chi connectivity index (χ3n) is 2.84. The number of Topliss-reactive ketones (excluding diaryl/α,β-unsaturated/α-hetero) is 1. The van der Waals surface area contributed by atoms with Crippen LogP contribution in [0, 0.1) is 0 Å². The van der Waals surface area contributed by atoms with Crippen molar-refractivity contribution in [2.24, 2.45) is 5.73 Å². The molecule has 1 unspecified atom stereocenters. The summed E-state index contributed by atoms with van der Waals surface area (Å²) >= 11 is 0. The summed E-state index contributed by atoms with van der Waals surface area (Å²) in [6, 6.07) is 5.81. The molecule has 0 aromatic heterocycles. The van der Waals surface area contributed by atoms with Crippen LogP contribution >= 0.6 is 0 Å². The van der Waals surface area contributed by atoms with Crippen LogP contribution in [0.1, 0.15) is 41.3 Å². The van der Waals surface area contributed by atoms with Gasteiger partial charge >= 0.3 is 0 Å². The summed E-state index contributed by atoms with van der Waals surface area (Å²) in [7, 11) is 0. The smallest absolute Gasteiger partial charge is 0.180 e. The van der Waals surface area contributed by atoms with E-state index in [9.17, 15) is 4.79 Å². The molecule has 0 saturated carbocycles. The molecular formula is C12H15NO. The molecule has 2 N–H and O–H groups in total. The first kappa shape index (κ1) is 9.41. The Balaban J connectivity index is 2.46. The van der Waals surface area contributed by atoms with Gasteiger partial charge in [-0.15, -0.1) is 0 Å². The molecule has 0 radical (unpaired) electrons. The highest BCUT2D eigenvalue weighted by Gasteiger charge is 2.27. The zero-order valence-corrected chi connectivity index (χ0v) is 8.58. The number of benzene rings is 1. The van der Waals surface area contributed by atoms with Gasteiger partial charge in [-0.1, -0.05) is 26.0 Å². The van der Waals surface area contributed by atoms with E-state index in [0.717, 1.165) is 11.1 Å². The Morgan fingerprint density at radius 2 is 2.14 bits per heavy atom. The fourth-order valence-corrected chi connectivity index (χ4v) is 1.89. The van der Waals surface area contributed by atoms with Gasteiger partial charge in [-0.2, -0.15) is 0 Å². The zero-order chi connectivity index (χ0) is 10.3. The molecule has 1 aromatic carbocycles. The van der Waals surface area contributed by atoms with Crippen LogP contribution in [0.15, 0.2) is 18.2 Å². The van der Waals surface area contributed by atoms with Crippen LogP contribution in [0.2, 0.25) is 0 Å². The molecule has 2 nitrogen and oxygen atoms in total. The lowest BCUT2D eigenvalue weighted by Gasteiger charge is -2.06. The quantitative estimate of drug-likeness (QED) is 0.733. The van der Waals surface area contributed by atoms with E-state index in [-0.39, 0.29) is 11.8 Å². The average Bonchev–Trinajstić information content (AvgIpc) is 2.43. The normalized spacial score (nSPS) is 20.3. The minimum atomic E-state index is -0.313. The SMILES string of the molecule is CC(C)c1ccc2c(c1)C(=O)C(N)C2. The van der Waals surface area contributed by atoms with Gasteiger partial charge in [0.1, 0.15) is 0 Å². The topological polar surface area (TPSA) is 43.1 Å². The molecule has 2 heteroatoms. The van der Waals surface area contributed by atoms with Gasteiger partial charge in [-0.05, 0) is 29.5 Å². The first-order chi connectivity index (χ1) is 6.59. The Labute approximate surface area is 84.1 Å². The maximum Gasteiger partial charge on any atom is 0.180 e. The van der Waals surface area contributed by atoms with E-state index in [4.69, 9.17) is 5.73 Å². The fraction of sp³-hybridized carbons (Fsp3) is 0.417. The number of rotatable bonds is 1. The van der Waals surface area contributed by atoms with Crippen molar-refractivity contribution in [1.29, 1.82) is 0 Å². The third-order valence-corrected chi connectivity index (χ3v) is 2.84. The van der Waals surface area contributed by atoms with Gasteiger partial charge < -0.3 is 5.73 Å². The first-order valence-corrected chi connectivity index (χ1v) is 5.02. The second kappa shape index (κ2) is 3.21. The number of hydrogen-bond donors (Lipinski definition) is 1. The molecule has 1 atom stereocenters. The summed E-state index contributed by atoms with van der Waals surface area (Å²) < 4.78 is 0. The predicted molar refractivity (Wildman–Crippen MR) is 56.5 cm³/mol. The molecular weight excluding hydrogens is 174 g/mol. The molecule has 0 fully saturated rings. The van der Waals surface area contributed by atoms with E-state index in [1.807, 2.05) is 12.1 Å². The van der Waals surface area contributed by atoms with Gasteiger partial charge in [-0.3, -0.25) is 4.79 Å². The second-order valence-corrected chi connectivity index (χ2v) is 4.25. The molecule has 1 aromatic rings. The molecule has 0 amide bonds. The van der Waals surface area contributed by atoms with E-state index in [1.165, 1.54) is 5.56 Å². The maximum atomic E-state index is 11.6. The van der Waals surface area contributed by atoms with Crippen molar-refractivity contribution in [2.75, 3.05) is 0 Å².